The molecular weight excluding hydrogens is 126 g/mol. The third-order valence-corrected chi connectivity index (χ3v) is 2.17. The molecule has 2 N–H and O–H groups in total. The second-order valence-corrected chi connectivity index (χ2v) is 3.92. The van der Waals surface area contributed by atoms with E-state index in [4.69, 9.17) is 5.73 Å². The van der Waals surface area contributed by atoms with Gasteiger partial charge in [0.25, 0.3) is 0 Å². The van der Waals surface area contributed by atoms with Gasteiger partial charge in [-0.1, -0.05) is 6.92 Å². The molecule has 3 nitrogen and oxygen atoms in total. The molecule has 0 heterocycles. The number of hydrogen-bond donors (Lipinski definition) is 1. The highest BCUT2D eigenvalue weighted by molar-refractivity contribution is 7.91. The van der Waals surface area contributed by atoms with Crippen molar-refractivity contribution in [2.45, 2.75) is 11.8 Å². The summed E-state index contributed by atoms with van der Waals surface area (Å²) < 4.78 is 20.8. The van der Waals surface area contributed by atoms with Gasteiger partial charge in [0.2, 0.25) is 0 Å². The molecule has 0 saturated heterocycles. The van der Waals surface area contributed by atoms with Gasteiger partial charge < -0.3 is 5.73 Å². The lowest BCUT2D eigenvalue weighted by Crippen LogP contribution is -2.28. The van der Waals surface area contributed by atoms with E-state index in [-0.39, 0.29) is 6.42 Å². The van der Waals surface area contributed by atoms with Crippen molar-refractivity contribution in [2.24, 2.45) is 5.73 Å². The highest BCUT2D eigenvalue weighted by Gasteiger charge is 2.10. The monoisotopic (exact) mass is 136 g/mol. The third kappa shape index (κ3) is 2.28. The van der Waals surface area contributed by atoms with Crippen molar-refractivity contribution in [3.05, 3.63) is 6.92 Å². The van der Waals surface area contributed by atoms with Crippen LogP contribution in [-0.4, -0.2) is 20.0 Å². The van der Waals surface area contributed by atoms with Crippen LogP contribution in [-0.2, 0) is 9.84 Å². The summed E-state index contributed by atoms with van der Waals surface area (Å²) in [5, 5.41) is -0.789. The summed E-state index contributed by atoms with van der Waals surface area (Å²) in [7, 11) is -3.04. The van der Waals surface area contributed by atoms with E-state index < -0.39 is 15.2 Å². The number of hydrogen-bond acceptors (Lipinski definition) is 3. The van der Waals surface area contributed by atoms with E-state index in [0.717, 1.165) is 6.26 Å². The van der Waals surface area contributed by atoms with Gasteiger partial charge in [0.1, 0.15) is 5.37 Å². The van der Waals surface area contributed by atoms with Crippen molar-refractivity contribution in [2.75, 3.05) is 6.26 Å². The quantitative estimate of drug-likeness (QED) is 0.558. The van der Waals surface area contributed by atoms with E-state index in [1.54, 1.807) is 0 Å². The van der Waals surface area contributed by atoms with Crippen LogP contribution in [0.4, 0.5) is 0 Å². The van der Waals surface area contributed by atoms with Crippen molar-refractivity contribution in [3.8, 4) is 0 Å². The first-order chi connectivity index (χ1) is 3.48. The summed E-state index contributed by atoms with van der Waals surface area (Å²) in [6.07, 6.45) is 1.34. The molecule has 1 atom stereocenters. The average Bonchev–Trinajstić information content (AvgIpc) is 1.62. The molecule has 0 spiro atoms. The Balaban J connectivity index is 4.04. The molecule has 0 aliphatic rings. The fourth-order valence-corrected chi connectivity index (χ4v) is 0.642. The molecule has 49 valence electrons. The summed E-state index contributed by atoms with van der Waals surface area (Å²) >= 11 is 0. The minimum atomic E-state index is -3.04. The van der Waals surface area contributed by atoms with Gasteiger partial charge >= 0.3 is 0 Å². The zero-order valence-electron chi connectivity index (χ0n) is 4.79. The summed E-state index contributed by atoms with van der Waals surface area (Å²) in [4.78, 5) is 0. The highest BCUT2D eigenvalue weighted by Crippen LogP contribution is 1.93. The van der Waals surface area contributed by atoms with Crippen LogP contribution in [0.1, 0.15) is 6.42 Å². The van der Waals surface area contributed by atoms with E-state index >= 15 is 0 Å². The van der Waals surface area contributed by atoms with Crippen LogP contribution in [0.15, 0.2) is 0 Å². The molecule has 0 saturated carbocycles. The third-order valence-electron chi connectivity index (χ3n) is 0.834. The lowest BCUT2D eigenvalue weighted by Gasteiger charge is -2.02. The molecule has 0 aromatic carbocycles. The lowest BCUT2D eigenvalue weighted by atomic mass is 10.5. The Kier molecular flexibility index (Phi) is 2.43. The molecule has 1 unspecified atom stereocenters. The smallest absolute Gasteiger partial charge is 0.163 e. The molecule has 1 radical (unpaired) electrons. The maximum absolute atomic E-state index is 10.4. The average molecular weight is 136 g/mol. The van der Waals surface area contributed by atoms with E-state index in [0.29, 0.717) is 0 Å². The summed E-state index contributed by atoms with van der Waals surface area (Å²) in [6.45, 7) is 3.35. The van der Waals surface area contributed by atoms with Crippen molar-refractivity contribution in [1.82, 2.24) is 0 Å². The molecular formula is C4H10NO2S. The van der Waals surface area contributed by atoms with Gasteiger partial charge in [0.05, 0.1) is 0 Å². The Hall–Kier alpha value is -0.0900. The van der Waals surface area contributed by atoms with Gasteiger partial charge in [0.15, 0.2) is 9.84 Å². The molecule has 0 aliphatic heterocycles. The first-order valence-corrected chi connectivity index (χ1v) is 4.17. The van der Waals surface area contributed by atoms with Gasteiger partial charge in [-0.25, -0.2) is 8.42 Å². The summed E-state index contributed by atoms with van der Waals surface area (Å²) in [6, 6.07) is 0. The predicted octanol–water partition coefficient (Wildman–Crippen LogP) is -0.460. The molecule has 0 fully saturated rings. The van der Waals surface area contributed by atoms with Crippen LogP contribution in [0.3, 0.4) is 0 Å². The van der Waals surface area contributed by atoms with Crippen LogP contribution in [0.25, 0.3) is 0 Å². The van der Waals surface area contributed by atoms with Gasteiger partial charge in [-0.15, -0.1) is 0 Å². The Morgan fingerprint density at radius 3 is 2.12 bits per heavy atom. The Labute approximate surface area is 49.8 Å². The topological polar surface area (TPSA) is 60.2 Å². The fraction of sp³-hybridized carbons (Fsp3) is 0.750. The Bertz CT molecular complexity index is 149. The van der Waals surface area contributed by atoms with Crippen LogP contribution in [0.2, 0.25) is 0 Å². The first-order valence-electron chi connectivity index (χ1n) is 2.22. The molecule has 0 bridgehead atoms. The van der Waals surface area contributed by atoms with E-state index in [1.807, 2.05) is 0 Å². The minimum Gasteiger partial charge on any atom is -0.315 e. The maximum atomic E-state index is 10.4. The summed E-state index contributed by atoms with van der Waals surface area (Å²) in [5.74, 6) is 0. The molecule has 0 amide bonds. The van der Waals surface area contributed by atoms with Crippen molar-refractivity contribution in [3.63, 3.8) is 0 Å². The number of nitrogens with two attached hydrogens (primary N) is 1. The van der Waals surface area contributed by atoms with Crippen LogP contribution >= 0.6 is 0 Å². The molecule has 4 heteroatoms. The van der Waals surface area contributed by atoms with E-state index in [2.05, 4.69) is 6.92 Å². The van der Waals surface area contributed by atoms with Gasteiger partial charge in [-0.05, 0) is 6.42 Å². The van der Waals surface area contributed by atoms with Crippen molar-refractivity contribution in [1.29, 1.82) is 0 Å². The van der Waals surface area contributed by atoms with Crippen LogP contribution in [0.5, 0.6) is 0 Å². The molecule has 0 aromatic heterocycles. The second kappa shape index (κ2) is 2.46. The second-order valence-electron chi connectivity index (χ2n) is 1.66. The van der Waals surface area contributed by atoms with Gasteiger partial charge in [-0.2, -0.15) is 0 Å². The number of rotatable bonds is 2. The maximum Gasteiger partial charge on any atom is 0.163 e. The minimum absolute atomic E-state index is 0.235. The highest BCUT2D eigenvalue weighted by atomic mass is 32.2. The molecule has 0 rings (SSSR count). The molecule has 0 aromatic rings. The normalized spacial score (nSPS) is 15.9. The Morgan fingerprint density at radius 1 is 1.75 bits per heavy atom. The molecule has 8 heavy (non-hydrogen) atoms. The SMILES string of the molecule is [CH2]CC(N)S(C)(=O)=O. The molecule has 0 aliphatic carbocycles. The van der Waals surface area contributed by atoms with Crippen LogP contribution in [0, 0.1) is 6.92 Å². The first kappa shape index (κ1) is 7.91. The lowest BCUT2D eigenvalue weighted by molar-refractivity contribution is 0.587. The zero-order chi connectivity index (χ0) is 6.78. The Morgan fingerprint density at radius 2 is 2.12 bits per heavy atom. The van der Waals surface area contributed by atoms with E-state index in [1.165, 1.54) is 0 Å². The van der Waals surface area contributed by atoms with Gasteiger partial charge in [0, 0.05) is 6.26 Å². The number of sulfone groups is 1. The van der Waals surface area contributed by atoms with E-state index in [9.17, 15) is 8.42 Å². The zero-order valence-corrected chi connectivity index (χ0v) is 5.61. The predicted molar refractivity (Wildman–Crippen MR) is 32.8 cm³/mol. The summed E-state index contributed by atoms with van der Waals surface area (Å²) in [5.41, 5.74) is 5.10. The van der Waals surface area contributed by atoms with Crippen LogP contribution < -0.4 is 5.73 Å². The van der Waals surface area contributed by atoms with Gasteiger partial charge in [-0.3, -0.25) is 0 Å². The van der Waals surface area contributed by atoms with Crippen molar-refractivity contribution >= 4 is 9.84 Å². The van der Waals surface area contributed by atoms with Crippen molar-refractivity contribution < 1.29 is 8.42 Å². The largest absolute Gasteiger partial charge is 0.315 e. The standard InChI is InChI=1S/C4H10NO2S/c1-3-4(5)8(2,6)7/h4H,1,3,5H2,2H3. The fourth-order valence-electron chi connectivity index (χ4n) is 0.214.